The standard InChI is InChI=1S/C23H25FN4O4.C2H6/c1-13-19(12-17-16-11-15(24)3-4-18(16)27-22(17)30)26-14(2)21(13)23(31)25-6-5-20(29)28-7-9-32-10-8-28;1-2/h3-4,11-12,26H,5-10H2,1-2H3,(H,25,31)(H,27,30);1-2H3/b17-12-;. The van der Waals surface area contributed by atoms with Gasteiger partial charge in [0.1, 0.15) is 5.82 Å². The van der Waals surface area contributed by atoms with E-state index in [4.69, 9.17) is 4.74 Å². The van der Waals surface area contributed by atoms with E-state index >= 15 is 0 Å². The van der Waals surface area contributed by atoms with Gasteiger partial charge in [0.05, 0.1) is 24.4 Å². The monoisotopic (exact) mass is 470 g/mol. The maximum atomic E-state index is 13.7. The van der Waals surface area contributed by atoms with Gasteiger partial charge in [-0.05, 0) is 43.7 Å². The van der Waals surface area contributed by atoms with Gasteiger partial charge in [-0.25, -0.2) is 4.39 Å². The fourth-order valence-electron chi connectivity index (χ4n) is 4.05. The van der Waals surface area contributed by atoms with Gasteiger partial charge in [-0.1, -0.05) is 13.8 Å². The third-order valence-electron chi connectivity index (χ3n) is 5.74. The molecule has 1 saturated heterocycles. The lowest BCUT2D eigenvalue weighted by Crippen LogP contribution is -2.42. The summed E-state index contributed by atoms with van der Waals surface area (Å²) in [6, 6.07) is 4.12. The number of hydrogen-bond donors (Lipinski definition) is 3. The number of nitrogens with one attached hydrogen (secondary N) is 3. The summed E-state index contributed by atoms with van der Waals surface area (Å²) in [7, 11) is 0. The number of halogens is 1. The molecule has 0 atom stereocenters. The Morgan fingerprint density at radius 1 is 1.21 bits per heavy atom. The molecule has 0 radical (unpaired) electrons. The lowest BCUT2D eigenvalue weighted by atomic mass is 10.0. The quantitative estimate of drug-likeness (QED) is 0.584. The Hall–Kier alpha value is -3.46. The number of aromatic nitrogens is 1. The Bertz CT molecular complexity index is 1120. The van der Waals surface area contributed by atoms with Crippen molar-refractivity contribution >= 4 is 35.1 Å². The van der Waals surface area contributed by atoms with Gasteiger partial charge in [-0.15, -0.1) is 0 Å². The van der Waals surface area contributed by atoms with Crippen molar-refractivity contribution in [3.63, 3.8) is 0 Å². The number of carbonyl (C=O) groups is 3. The number of rotatable bonds is 5. The molecule has 3 amide bonds. The molecule has 1 aromatic carbocycles. The lowest BCUT2D eigenvalue weighted by Gasteiger charge is -2.26. The third kappa shape index (κ3) is 5.36. The molecular formula is C25H31FN4O4. The zero-order valence-electron chi connectivity index (χ0n) is 20.0. The van der Waals surface area contributed by atoms with E-state index in [2.05, 4.69) is 15.6 Å². The number of ether oxygens (including phenoxy) is 1. The van der Waals surface area contributed by atoms with Crippen LogP contribution >= 0.6 is 0 Å². The maximum Gasteiger partial charge on any atom is 0.256 e. The fraction of sp³-hybridized carbons (Fsp3) is 0.400. The number of amides is 3. The van der Waals surface area contributed by atoms with Gasteiger partial charge in [-0.2, -0.15) is 0 Å². The minimum Gasteiger partial charge on any atom is -0.378 e. The van der Waals surface area contributed by atoms with Crippen molar-refractivity contribution in [2.75, 3.05) is 38.2 Å². The summed E-state index contributed by atoms with van der Waals surface area (Å²) in [6.07, 6.45) is 1.84. The highest BCUT2D eigenvalue weighted by Gasteiger charge is 2.26. The molecule has 9 heteroatoms. The smallest absolute Gasteiger partial charge is 0.256 e. The second kappa shape index (κ2) is 11.1. The van der Waals surface area contributed by atoms with E-state index in [1.165, 1.54) is 18.2 Å². The normalized spacial score (nSPS) is 16.0. The molecule has 3 heterocycles. The van der Waals surface area contributed by atoms with Crippen LogP contribution in [0.4, 0.5) is 10.1 Å². The molecular weight excluding hydrogens is 439 g/mol. The van der Waals surface area contributed by atoms with Crippen molar-refractivity contribution < 1.29 is 23.5 Å². The first kappa shape index (κ1) is 25.2. The minimum absolute atomic E-state index is 0.0142. The topological polar surface area (TPSA) is 104 Å². The zero-order chi connectivity index (χ0) is 24.8. The molecule has 34 heavy (non-hydrogen) atoms. The number of morpholine rings is 1. The van der Waals surface area contributed by atoms with E-state index in [0.29, 0.717) is 65.6 Å². The van der Waals surface area contributed by atoms with Gasteiger partial charge in [0.15, 0.2) is 0 Å². The van der Waals surface area contributed by atoms with Crippen molar-refractivity contribution in [2.45, 2.75) is 34.1 Å². The number of nitrogens with zero attached hydrogens (tertiary/aromatic N) is 1. The molecule has 0 aliphatic carbocycles. The Kier molecular flexibility index (Phi) is 8.22. The van der Waals surface area contributed by atoms with E-state index < -0.39 is 5.82 Å². The fourth-order valence-corrected chi connectivity index (χ4v) is 4.05. The van der Waals surface area contributed by atoms with Gasteiger partial charge >= 0.3 is 0 Å². The van der Waals surface area contributed by atoms with E-state index in [0.717, 1.165) is 0 Å². The second-order valence-electron chi connectivity index (χ2n) is 7.86. The predicted octanol–water partition coefficient (Wildman–Crippen LogP) is 3.27. The summed E-state index contributed by atoms with van der Waals surface area (Å²) >= 11 is 0. The minimum atomic E-state index is -0.433. The molecule has 2 aromatic rings. The number of H-pyrrole nitrogens is 1. The summed E-state index contributed by atoms with van der Waals surface area (Å²) in [5, 5.41) is 5.52. The van der Waals surface area contributed by atoms with Crippen LogP contribution in [0.25, 0.3) is 11.6 Å². The summed E-state index contributed by atoms with van der Waals surface area (Å²) in [4.78, 5) is 42.3. The number of benzene rings is 1. The summed E-state index contributed by atoms with van der Waals surface area (Å²) in [5.74, 6) is -1.07. The number of carbonyl (C=O) groups excluding carboxylic acids is 3. The first-order valence-electron chi connectivity index (χ1n) is 11.5. The van der Waals surface area contributed by atoms with Crippen LogP contribution in [-0.4, -0.2) is 60.5 Å². The van der Waals surface area contributed by atoms with Gasteiger partial charge in [0.25, 0.3) is 11.8 Å². The highest BCUT2D eigenvalue weighted by molar-refractivity contribution is 6.34. The van der Waals surface area contributed by atoms with Crippen LogP contribution in [0.1, 0.15) is 53.1 Å². The highest BCUT2D eigenvalue weighted by Crippen LogP contribution is 2.34. The van der Waals surface area contributed by atoms with E-state index in [9.17, 15) is 18.8 Å². The van der Waals surface area contributed by atoms with Crippen molar-refractivity contribution in [1.82, 2.24) is 15.2 Å². The largest absolute Gasteiger partial charge is 0.378 e. The number of hydrogen-bond acceptors (Lipinski definition) is 4. The molecule has 4 rings (SSSR count). The van der Waals surface area contributed by atoms with E-state index in [1.54, 1.807) is 24.8 Å². The number of aromatic amines is 1. The highest BCUT2D eigenvalue weighted by atomic mass is 19.1. The number of anilines is 1. The molecule has 0 saturated carbocycles. The zero-order valence-corrected chi connectivity index (χ0v) is 20.0. The molecule has 2 aliphatic heterocycles. The number of aryl methyl sites for hydroxylation is 1. The van der Waals surface area contributed by atoms with Crippen LogP contribution in [0.15, 0.2) is 18.2 Å². The molecule has 182 valence electrons. The second-order valence-corrected chi connectivity index (χ2v) is 7.86. The SMILES string of the molecule is CC.Cc1[nH]c(/C=C2\C(=O)Nc3ccc(F)cc32)c(C)c1C(=O)NCCC(=O)N1CCOCC1. The van der Waals surface area contributed by atoms with Crippen LogP contribution in [0.3, 0.4) is 0 Å². The van der Waals surface area contributed by atoms with Gasteiger partial charge in [0.2, 0.25) is 5.91 Å². The Labute approximate surface area is 198 Å². The van der Waals surface area contributed by atoms with Crippen molar-refractivity contribution in [2.24, 2.45) is 0 Å². The summed E-state index contributed by atoms with van der Waals surface area (Å²) in [6.45, 7) is 9.99. The van der Waals surface area contributed by atoms with Gasteiger partial charge < -0.3 is 25.3 Å². The Morgan fingerprint density at radius 2 is 1.91 bits per heavy atom. The average molecular weight is 471 g/mol. The molecule has 3 N–H and O–H groups in total. The maximum absolute atomic E-state index is 13.7. The van der Waals surface area contributed by atoms with E-state index in [-0.39, 0.29) is 30.7 Å². The Morgan fingerprint density at radius 3 is 2.62 bits per heavy atom. The van der Waals surface area contributed by atoms with Crippen molar-refractivity contribution in [3.05, 3.63) is 52.1 Å². The molecule has 1 aromatic heterocycles. The van der Waals surface area contributed by atoms with Gasteiger partial charge in [-0.3, -0.25) is 14.4 Å². The molecule has 0 unspecified atom stereocenters. The van der Waals surface area contributed by atoms with Gasteiger partial charge in [0, 0.05) is 48.7 Å². The van der Waals surface area contributed by atoms with Crippen LogP contribution in [-0.2, 0) is 14.3 Å². The summed E-state index contributed by atoms with van der Waals surface area (Å²) in [5.41, 5.74) is 3.73. The van der Waals surface area contributed by atoms with Crippen LogP contribution in [0.2, 0.25) is 0 Å². The number of fused-ring (bicyclic) bond motifs is 1. The third-order valence-corrected chi connectivity index (χ3v) is 5.74. The summed E-state index contributed by atoms with van der Waals surface area (Å²) < 4.78 is 18.9. The lowest BCUT2D eigenvalue weighted by molar-refractivity contribution is -0.135. The van der Waals surface area contributed by atoms with Crippen LogP contribution in [0, 0.1) is 19.7 Å². The van der Waals surface area contributed by atoms with Crippen molar-refractivity contribution in [3.8, 4) is 0 Å². The first-order valence-corrected chi connectivity index (χ1v) is 11.5. The van der Waals surface area contributed by atoms with Crippen molar-refractivity contribution in [1.29, 1.82) is 0 Å². The van der Waals surface area contributed by atoms with E-state index in [1.807, 2.05) is 13.8 Å². The molecule has 8 nitrogen and oxygen atoms in total. The molecule has 2 aliphatic rings. The average Bonchev–Trinajstić information content (AvgIpc) is 3.30. The molecule has 0 spiro atoms. The molecule has 0 bridgehead atoms. The predicted molar refractivity (Wildman–Crippen MR) is 129 cm³/mol. The Balaban J connectivity index is 0.00000158. The van der Waals surface area contributed by atoms with Crippen LogP contribution in [0.5, 0.6) is 0 Å². The molecule has 1 fully saturated rings. The van der Waals surface area contributed by atoms with Crippen LogP contribution < -0.4 is 10.6 Å². The first-order chi connectivity index (χ1) is 16.3.